The molecule has 0 aromatic heterocycles. The molecule has 21 heavy (non-hydrogen) atoms. The van der Waals surface area contributed by atoms with Crippen LogP contribution in [0.5, 0.6) is 5.75 Å². The van der Waals surface area contributed by atoms with Crippen LogP contribution in [0.15, 0.2) is 29.3 Å². The molecule has 3 N–H and O–H groups in total. The molecule has 0 saturated heterocycles. The second-order valence-electron chi connectivity index (χ2n) is 6.31. The predicted molar refractivity (Wildman–Crippen MR) is 85.8 cm³/mol. The van der Waals surface area contributed by atoms with E-state index in [1.165, 1.54) is 31.2 Å². The molecular formula is C17H25N3O. The van der Waals surface area contributed by atoms with Crippen LogP contribution in [0.2, 0.25) is 0 Å². The van der Waals surface area contributed by atoms with Gasteiger partial charge in [-0.1, -0.05) is 24.6 Å². The summed E-state index contributed by atoms with van der Waals surface area (Å²) in [4.78, 5) is 4.62. The van der Waals surface area contributed by atoms with Crippen LogP contribution in [0.4, 0.5) is 0 Å². The third-order valence-electron chi connectivity index (χ3n) is 5.00. The molecule has 1 aromatic carbocycles. The van der Waals surface area contributed by atoms with Crippen LogP contribution >= 0.6 is 0 Å². The number of rotatable bonds is 5. The minimum absolute atomic E-state index is 0.110. The lowest BCUT2D eigenvalue weighted by Gasteiger charge is -2.42. The van der Waals surface area contributed by atoms with Gasteiger partial charge >= 0.3 is 0 Å². The van der Waals surface area contributed by atoms with Crippen LogP contribution in [0, 0.1) is 0 Å². The summed E-state index contributed by atoms with van der Waals surface area (Å²) < 4.78 is 5.53. The van der Waals surface area contributed by atoms with E-state index in [0.717, 1.165) is 25.1 Å². The van der Waals surface area contributed by atoms with Crippen molar-refractivity contribution in [2.24, 2.45) is 10.7 Å². The van der Waals surface area contributed by atoms with E-state index in [0.29, 0.717) is 12.0 Å². The summed E-state index contributed by atoms with van der Waals surface area (Å²) in [6, 6.07) is 8.85. The molecule has 0 atom stereocenters. The summed E-state index contributed by atoms with van der Waals surface area (Å²) in [5.41, 5.74) is 7.41. The van der Waals surface area contributed by atoms with E-state index < -0.39 is 0 Å². The Morgan fingerprint density at radius 1 is 1.33 bits per heavy atom. The second kappa shape index (κ2) is 5.96. The molecule has 1 aromatic rings. The average Bonchev–Trinajstić information content (AvgIpc) is 2.42. The van der Waals surface area contributed by atoms with Gasteiger partial charge in [0, 0.05) is 17.0 Å². The molecule has 3 rings (SSSR count). The maximum absolute atomic E-state index is 6.03. The van der Waals surface area contributed by atoms with Crippen LogP contribution in [0.25, 0.3) is 0 Å². The lowest BCUT2D eigenvalue weighted by molar-refractivity contribution is 0.243. The Morgan fingerprint density at radius 3 is 2.67 bits per heavy atom. The fraction of sp³-hybridized carbons (Fsp3) is 0.588. The Balaban J connectivity index is 1.72. The molecule has 2 saturated carbocycles. The number of nitrogens with one attached hydrogen (secondary N) is 1. The van der Waals surface area contributed by atoms with Gasteiger partial charge in [-0.3, -0.25) is 4.99 Å². The number of aliphatic imine (C=N–C) groups is 1. The lowest BCUT2D eigenvalue weighted by atomic mass is 9.64. The van der Waals surface area contributed by atoms with Crippen LogP contribution in [0.1, 0.15) is 44.1 Å². The summed E-state index contributed by atoms with van der Waals surface area (Å²) >= 11 is 0. The summed E-state index contributed by atoms with van der Waals surface area (Å²) in [6.45, 7) is 0.749. The topological polar surface area (TPSA) is 59.6 Å². The van der Waals surface area contributed by atoms with Crippen molar-refractivity contribution in [3.05, 3.63) is 29.8 Å². The molecule has 0 radical (unpaired) electrons. The Labute approximate surface area is 126 Å². The van der Waals surface area contributed by atoms with Crippen LogP contribution < -0.4 is 15.8 Å². The van der Waals surface area contributed by atoms with Gasteiger partial charge in [0.15, 0.2) is 5.96 Å². The molecule has 2 fully saturated rings. The number of hydrogen-bond acceptors (Lipinski definition) is 2. The van der Waals surface area contributed by atoms with Gasteiger partial charge in [-0.2, -0.15) is 0 Å². The van der Waals surface area contributed by atoms with E-state index in [2.05, 4.69) is 22.4 Å². The number of nitrogens with two attached hydrogens (primary N) is 1. The van der Waals surface area contributed by atoms with E-state index in [4.69, 9.17) is 10.5 Å². The fourth-order valence-corrected chi connectivity index (χ4v) is 3.24. The van der Waals surface area contributed by atoms with E-state index in [1.807, 2.05) is 12.1 Å². The van der Waals surface area contributed by atoms with Crippen molar-refractivity contribution in [3.8, 4) is 5.75 Å². The summed E-state index contributed by atoms with van der Waals surface area (Å²) in [6.07, 6.45) is 7.31. The van der Waals surface area contributed by atoms with E-state index in [1.54, 1.807) is 7.11 Å². The van der Waals surface area contributed by atoms with Gasteiger partial charge in [0.25, 0.3) is 0 Å². The third-order valence-corrected chi connectivity index (χ3v) is 5.00. The first-order valence-corrected chi connectivity index (χ1v) is 7.93. The van der Waals surface area contributed by atoms with Gasteiger partial charge in [0.2, 0.25) is 0 Å². The quantitative estimate of drug-likeness (QED) is 0.646. The number of guanidine groups is 1. The Hall–Kier alpha value is -1.71. The van der Waals surface area contributed by atoms with Crippen molar-refractivity contribution < 1.29 is 4.74 Å². The number of methoxy groups -OCH3 is 1. The van der Waals surface area contributed by atoms with Crippen molar-refractivity contribution in [1.29, 1.82) is 0 Å². The Kier molecular flexibility index (Phi) is 4.04. The maximum atomic E-state index is 6.03. The fourth-order valence-electron chi connectivity index (χ4n) is 3.24. The minimum atomic E-state index is 0.110. The van der Waals surface area contributed by atoms with E-state index >= 15 is 0 Å². The van der Waals surface area contributed by atoms with Crippen LogP contribution in [-0.4, -0.2) is 25.7 Å². The average molecular weight is 287 g/mol. The first-order chi connectivity index (χ1) is 10.2. The highest BCUT2D eigenvalue weighted by molar-refractivity contribution is 5.78. The van der Waals surface area contributed by atoms with Crippen LogP contribution in [-0.2, 0) is 5.41 Å². The first-order valence-electron chi connectivity index (χ1n) is 7.93. The molecule has 0 spiro atoms. The molecule has 0 heterocycles. The van der Waals surface area contributed by atoms with Gasteiger partial charge in [0.1, 0.15) is 5.75 Å². The standard InChI is InChI=1S/C17H25N3O/c1-21-15-9-3-2-8-14(15)17(10-5-11-17)12-19-16(18)20-13-6-4-7-13/h2-3,8-9,13H,4-7,10-12H2,1H3,(H3,18,19,20). The largest absolute Gasteiger partial charge is 0.496 e. The minimum Gasteiger partial charge on any atom is -0.496 e. The van der Waals surface area contributed by atoms with E-state index in [9.17, 15) is 0 Å². The molecule has 0 amide bonds. The lowest BCUT2D eigenvalue weighted by Crippen LogP contribution is -2.45. The van der Waals surface area contributed by atoms with Gasteiger partial charge in [-0.05, 0) is 38.2 Å². The van der Waals surface area contributed by atoms with Crippen molar-refractivity contribution in [2.75, 3.05) is 13.7 Å². The highest BCUT2D eigenvalue weighted by Crippen LogP contribution is 2.47. The number of ether oxygens (including phenoxy) is 1. The summed E-state index contributed by atoms with van der Waals surface area (Å²) in [5.74, 6) is 1.57. The number of nitrogens with zero attached hydrogens (tertiary/aromatic N) is 1. The smallest absolute Gasteiger partial charge is 0.188 e. The molecular weight excluding hydrogens is 262 g/mol. The summed E-state index contributed by atoms with van der Waals surface area (Å²) in [5, 5.41) is 3.31. The van der Waals surface area contributed by atoms with Crippen molar-refractivity contribution in [2.45, 2.75) is 50.0 Å². The SMILES string of the molecule is COc1ccccc1C1(CN=C(N)NC2CCC2)CCC1. The highest BCUT2D eigenvalue weighted by atomic mass is 16.5. The molecule has 114 valence electrons. The van der Waals surface area contributed by atoms with Crippen molar-refractivity contribution >= 4 is 5.96 Å². The second-order valence-corrected chi connectivity index (χ2v) is 6.31. The van der Waals surface area contributed by atoms with Gasteiger partial charge in [-0.15, -0.1) is 0 Å². The Morgan fingerprint density at radius 2 is 2.10 bits per heavy atom. The maximum Gasteiger partial charge on any atom is 0.188 e. The molecule has 0 unspecified atom stereocenters. The van der Waals surface area contributed by atoms with E-state index in [-0.39, 0.29) is 5.41 Å². The van der Waals surface area contributed by atoms with Gasteiger partial charge in [-0.25, -0.2) is 0 Å². The monoisotopic (exact) mass is 287 g/mol. The first kappa shape index (κ1) is 14.2. The molecule has 2 aliphatic carbocycles. The third kappa shape index (κ3) is 2.85. The van der Waals surface area contributed by atoms with Crippen molar-refractivity contribution in [3.63, 3.8) is 0 Å². The number of para-hydroxylation sites is 1. The molecule has 0 aliphatic heterocycles. The zero-order valence-corrected chi connectivity index (χ0v) is 12.8. The van der Waals surface area contributed by atoms with Gasteiger partial charge < -0.3 is 15.8 Å². The Bertz CT molecular complexity index is 519. The molecule has 2 aliphatic rings. The van der Waals surface area contributed by atoms with Gasteiger partial charge in [0.05, 0.1) is 13.7 Å². The molecule has 4 nitrogen and oxygen atoms in total. The normalized spacial score (nSPS) is 21.3. The zero-order valence-electron chi connectivity index (χ0n) is 12.8. The van der Waals surface area contributed by atoms with Crippen molar-refractivity contribution in [1.82, 2.24) is 5.32 Å². The molecule has 4 heteroatoms. The summed E-state index contributed by atoms with van der Waals surface area (Å²) in [7, 11) is 1.74. The highest BCUT2D eigenvalue weighted by Gasteiger charge is 2.40. The molecule has 0 bridgehead atoms. The predicted octanol–water partition coefficient (Wildman–Crippen LogP) is 2.57. The zero-order chi connectivity index (χ0) is 14.7. The number of benzene rings is 1. The number of hydrogen-bond donors (Lipinski definition) is 2. The van der Waals surface area contributed by atoms with Crippen LogP contribution in [0.3, 0.4) is 0 Å².